The van der Waals surface area contributed by atoms with Gasteiger partial charge >= 0.3 is 0 Å². The number of amides is 6. The maximum Gasteiger partial charge on any atom is 0.261 e. The Kier molecular flexibility index (Phi) is 14.7. The van der Waals surface area contributed by atoms with Crippen LogP contribution < -0.4 is 31.9 Å². The molecule has 12 nitrogen and oxygen atoms in total. The Morgan fingerprint density at radius 3 is 0.463 bits per heavy atom. The van der Waals surface area contributed by atoms with E-state index in [4.69, 9.17) is 0 Å². The van der Waals surface area contributed by atoms with Crippen LogP contribution in [0.4, 0.5) is 60.5 Å². The highest BCUT2D eigenvalue weighted by Gasteiger charge is 2.32. The number of nitrogens with one attached hydrogen (secondary N) is 6. The van der Waals surface area contributed by atoms with Crippen molar-refractivity contribution >= 4 is 69.6 Å². The minimum atomic E-state index is -2.19. The number of benzene rings is 2. The van der Waals surface area contributed by atoms with E-state index in [0.29, 0.717) is 0 Å². The fourth-order valence-corrected chi connectivity index (χ4v) is 3.37. The van der Waals surface area contributed by atoms with E-state index in [1.165, 1.54) is 36.4 Å². The summed E-state index contributed by atoms with van der Waals surface area (Å²) in [6.45, 7) is 12.6. The molecule has 300 valence electrons. The smallest absolute Gasteiger partial charge is 0.261 e. The van der Waals surface area contributed by atoms with E-state index in [1.807, 2.05) is 0 Å². The highest BCUT2D eigenvalue weighted by Crippen LogP contribution is 2.28. The number of carbonyl (C=O) groups excluding carboxylic acids is 6. The van der Waals surface area contributed by atoms with Crippen molar-refractivity contribution in [3.05, 3.63) is 36.4 Å². The number of rotatable bonds is 12. The van der Waals surface area contributed by atoms with Gasteiger partial charge in [0.2, 0.25) is 0 Å². The van der Waals surface area contributed by atoms with Gasteiger partial charge in [0.1, 0.15) is 0 Å². The van der Waals surface area contributed by atoms with Crippen LogP contribution in [0.5, 0.6) is 0 Å². The van der Waals surface area contributed by atoms with Crippen molar-refractivity contribution in [1.29, 1.82) is 0 Å². The van der Waals surface area contributed by atoms with Crippen molar-refractivity contribution in [3.8, 4) is 0 Å². The van der Waals surface area contributed by atoms with Crippen molar-refractivity contribution in [2.45, 2.75) is 117 Å². The molecule has 0 radical (unpaired) electrons. The number of alkyl halides is 6. The first kappa shape index (κ1) is 46.9. The van der Waals surface area contributed by atoms with Gasteiger partial charge in [-0.1, -0.05) is 0 Å². The van der Waals surface area contributed by atoms with Gasteiger partial charge < -0.3 is 31.9 Å². The van der Waals surface area contributed by atoms with E-state index in [9.17, 15) is 55.1 Å². The van der Waals surface area contributed by atoms with E-state index in [1.54, 1.807) is 0 Å². The molecule has 0 fully saturated rings. The lowest BCUT2D eigenvalue weighted by Gasteiger charge is -2.19. The molecule has 2 rings (SSSR count). The zero-order chi connectivity index (χ0) is 42.4. The van der Waals surface area contributed by atoms with Crippen LogP contribution in [0.25, 0.3) is 0 Å². The molecule has 0 aromatic heterocycles. The molecule has 0 unspecified atom stereocenters. The fraction of sp³-hybridized carbons (Fsp3) is 0.500. The molecule has 0 aliphatic carbocycles. The molecule has 0 spiro atoms. The van der Waals surface area contributed by atoms with Crippen LogP contribution in [0.15, 0.2) is 36.4 Å². The number of halogens is 6. The molecule has 2 aromatic carbocycles. The molecular formula is C36H48F6N6O6. The van der Waals surface area contributed by atoms with Gasteiger partial charge in [0.15, 0.2) is 34.0 Å². The SMILES string of the molecule is CC(C)(F)C(=O)Nc1cc(NC(=O)C(C)(C)F)cc(NC(=O)C(C)(C)F)c1.CC(C)(F)C(=O)Nc1cc(NC(=O)C(C)(C)F)cc(NC(=O)C(C)(C)F)c1. The fourth-order valence-electron chi connectivity index (χ4n) is 3.37. The second-order valence-corrected chi connectivity index (χ2v) is 15.2. The zero-order valence-corrected chi connectivity index (χ0v) is 32.2. The highest BCUT2D eigenvalue weighted by molar-refractivity contribution is 6.04. The third-order valence-electron chi connectivity index (χ3n) is 6.65. The topological polar surface area (TPSA) is 175 Å². The van der Waals surface area contributed by atoms with Gasteiger partial charge in [-0.3, -0.25) is 28.8 Å². The summed E-state index contributed by atoms with van der Waals surface area (Å²) < 4.78 is 82.5. The molecule has 0 atom stereocenters. The second kappa shape index (κ2) is 16.9. The van der Waals surface area contributed by atoms with E-state index in [2.05, 4.69) is 31.9 Å². The molecule has 6 amide bonds. The first-order valence-electron chi connectivity index (χ1n) is 16.3. The van der Waals surface area contributed by atoms with Gasteiger partial charge in [-0.2, -0.15) is 0 Å². The summed E-state index contributed by atoms with van der Waals surface area (Å²) in [7, 11) is 0. The average Bonchev–Trinajstić information content (AvgIpc) is 2.94. The standard InChI is InChI=1S/2C18H24F3N3O3/c2*1-16(2,19)13(25)22-10-7-11(23-14(26)17(3,4)20)9-12(8-10)24-15(27)18(5,6)21/h2*7-9H,1-6H3,(H,22,25)(H,23,26)(H,24,27). The van der Waals surface area contributed by atoms with Crippen LogP contribution in [0, 0.1) is 0 Å². The van der Waals surface area contributed by atoms with Crippen LogP contribution in [0.2, 0.25) is 0 Å². The summed E-state index contributed by atoms with van der Waals surface area (Å²) in [5.74, 6) is -5.83. The molecule has 54 heavy (non-hydrogen) atoms. The summed E-state index contributed by atoms with van der Waals surface area (Å²) in [6.07, 6.45) is 0. The van der Waals surface area contributed by atoms with Gasteiger partial charge in [0, 0.05) is 34.1 Å². The second-order valence-electron chi connectivity index (χ2n) is 15.2. The van der Waals surface area contributed by atoms with E-state index in [0.717, 1.165) is 83.1 Å². The Hall–Kier alpha value is -5.16. The van der Waals surface area contributed by atoms with Crippen LogP contribution in [-0.2, 0) is 28.8 Å². The van der Waals surface area contributed by atoms with Crippen LogP contribution in [0.1, 0.15) is 83.1 Å². The first-order chi connectivity index (χ1) is 24.0. The van der Waals surface area contributed by atoms with Crippen molar-refractivity contribution < 1.29 is 55.1 Å². The van der Waals surface area contributed by atoms with Crippen molar-refractivity contribution in [1.82, 2.24) is 0 Å². The highest BCUT2D eigenvalue weighted by atomic mass is 19.2. The first-order valence-corrected chi connectivity index (χ1v) is 16.3. The summed E-state index contributed by atoms with van der Waals surface area (Å²) in [4.78, 5) is 71.0. The van der Waals surface area contributed by atoms with Gasteiger partial charge in [-0.25, -0.2) is 26.3 Å². The molecule has 0 heterocycles. The van der Waals surface area contributed by atoms with E-state index >= 15 is 0 Å². The van der Waals surface area contributed by atoms with Gasteiger partial charge in [0.05, 0.1) is 0 Å². The number of hydrogen-bond acceptors (Lipinski definition) is 6. The van der Waals surface area contributed by atoms with Gasteiger partial charge in [-0.15, -0.1) is 0 Å². The zero-order valence-electron chi connectivity index (χ0n) is 32.2. The van der Waals surface area contributed by atoms with Crippen LogP contribution in [-0.4, -0.2) is 69.5 Å². The minimum absolute atomic E-state index is 0.0205. The Labute approximate surface area is 310 Å². The molecule has 0 aliphatic heterocycles. The molecule has 0 saturated carbocycles. The third kappa shape index (κ3) is 15.8. The predicted molar refractivity (Wildman–Crippen MR) is 196 cm³/mol. The lowest BCUT2D eigenvalue weighted by Crippen LogP contribution is -2.34. The monoisotopic (exact) mass is 774 g/mol. The van der Waals surface area contributed by atoms with Crippen molar-refractivity contribution in [3.63, 3.8) is 0 Å². The summed E-state index contributed by atoms with van der Waals surface area (Å²) >= 11 is 0. The van der Waals surface area contributed by atoms with Crippen molar-refractivity contribution in [2.24, 2.45) is 0 Å². The molecule has 0 aliphatic rings. The summed E-state index contributed by atoms with van der Waals surface area (Å²) in [5.41, 5.74) is -13.0. The lowest BCUT2D eigenvalue weighted by molar-refractivity contribution is -0.126. The Morgan fingerprint density at radius 2 is 0.389 bits per heavy atom. The quantitative estimate of drug-likeness (QED) is 0.122. The maximum absolute atomic E-state index is 13.8. The molecule has 2 aromatic rings. The van der Waals surface area contributed by atoms with E-state index < -0.39 is 69.5 Å². The number of anilines is 6. The Bertz CT molecular complexity index is 1390. The van der Waals surface area contributed by atoms with Crippen LogP contribution in [0.3, 0.4) is 0 Å². The normalized spacial score (nSPS) is 12.3. The Balaban J connectivity index is 0.000000540. The van der Waals surface area contributed by atoms with Crippen LogP contribution >= 0.6 is 0 Å². The van der Waals surface area contributed by atoms with E-state index in [-0.39, 0.29) is 34.1 Å². The molecule has 0 saturated heterocycles. The molecule has 18 heteroatoms. The summed E-state index contributed by atoms with van der Waals surface area (Å²) in [6, 6.07) is 7.52. The number of carbonyl (C=O) groups is 6. The Morgan fingerprint density at radius 1 is 0.296 bits per heavy atom. The third-order valence-corrected chi connectivity index (χ3v) is 6.65. The minimum Gasteiger partial charge on any atom is -0.323 e. The van der Waals surface area contributed by atoms with Gasteiger partial charge in [-0.05, 0) is 119 Å². The number of hydrogen-bond donors (Lipinski definition) is 6. The van der Waals surface area contributed by atoms with Gasteiger partial charge in [0.25, 0.3) is 35.4 Å². The molecule has 0 bridgehead atoms. The molecule has 6 N–H and O–H groups in total. The largest absolute Gasteiger partial charge is 0.323 e. The summed E-state index contributed by atoms with van der Waals surface area (Å²) in [5, 5.41) is 13.7. The maximum atomic E-state index is 13.8. The predicted octanol–water partition coefficient (Wildman–Crippen LogP) is 7.49. The van der Waals surface area contributed by atoms with Crippen molar-refractivity contribution in [2.75, 3.05) is 31.9 Å². The molecular weight excluding hydrogens is 726 g/mol. The lowest BCUT2D eigenvalue weighted by atomic mass is 10.1. The average molecular weight is 775 g/mol.